The summed E-state index contributed by atoms with van der Waals surface area (Å²) < 4.78 is 5.51. The van der Waals surface area contributed by atoms with Crippen LogP contribution in [0.1, 0.15) is 24.2 Å². The number of ether oxygens (including phenoxy) is 1. The zero-order valence-electron chi connectivity index (χ0n) is 11.7. The van der Waals surface area contributed by atoms with Crippen molar-refractivity contribution < 1.29 is 9.53 Å². The van der Waals surface area contributed by atoms with Crippen LogP contribution in [0.3, 0.4) is 0 Å². The second kappa shape index (κ2) is 8.32. The van der Waals surface area contributed by atoms with E-state index >= 15 is 0 Å². The van der Waals surface area contributed by atoms with Crippen LogP contribution in [0.5, 0.6) is 5.75 Å². The van der Waals surface area contributed by atoms with Crippen molar-refractivity contribution in [2.75, 3.05) is 26.2 Å². The topological polar surface area (TPSA) is 50.4 Å². The number of nitrogens with one attached hydrogen (secondary N) is 2. The van der Waals surface area contributed by atoms with E-state index in [9.17, 15) is 4.79 Å². The predicted molar refractivity (Wildman–Crippen MR) is 77.6 cm³/mol. The smallest absolute Gasteiger partial charge is 0.251 e. The summed E-state index contributed by atoms with van der Waals surface area (Å²) >= 11 is 0. The van der Waals surface area contributed by atoms with E-state index in [0.717, 1.165) is 18.7 Å². The van der Waals surface area contributed by atoms with Crippen LogP contribution in [-0.4, -0.2) is 32.1 Å². The number of carbonyl (C=O) groups is 1. The third-order valence-electron chi connectivity index (χ3n) is 2.42. The van der Waals surface area contributed by atoms with E-state index in [-0.39, 0.29) is 5.91 Å². The Morgan fingerprint density at radius 1 is 1.37 bits per heavy atom. The van der Waals surface area contributed by atoms with Crippen LogP contribution in [0.15, 0.2) is 36.4 Å². The van der Waals surface area contributed by atoms with Gasteiger partial charge in [-0.05, 0) is 37.2 Å². The molecule has 0 aliphatic carbocycles. The van der Waals surface area contributed by atoms with E-state index in [1.54, 1.807) is 12.1 Å². The SMILES string of the molecule is C=C(C)COc1cccc(C(=O)NCCNCC)c1. The first-order chi connectivity index (χ1) is 9.13. The summed E-state index contributed by atoms with van der Waals surface area (Å²) in [6.45, 7) is 10.5. The fourth-order valence-corrected chi connectivity index (χ4v) is 1.48. The van der Waals surface area contributed by atoms with E-state index < -0.39 is 0 Å². The predicted octanol–water partition coefficient (Wildman–Crippen LogP) is 1.98. The van der Waals surface area contributed by atoms with Gasteiger partial charge in [0.25, 0.3) is 5.91 Å². The van der Waals surface area contributed by atoms with Gasteiger partial charge in [-0.2, -0.15) is 0 Å². The highest BCUT2D eigenvalue weighted by Crippen LogP contribution is 2.13. The van der Waals surface area contributed by atoms with Gasteiger partial charge >= 0.3 is 0 Å². The molecule has 2 N–H and O–H groups in total. The van der Waals surface area contributed by atoms with Gasteiger partial charge in [0.15, 0.2) is 0 Å². The number of carbonyl (C=O) groups excluding carboxylic acids is 1. The molecule has 0 aliphatic rings. The van der Waals surface area contributed by atoms with E-state index in [1.165, 1.54) is 0 Å². The number of likely N-dealkylation sites (N-methyl/N-ethyl adjacent to an activating group) is 1. The van der Waals surface area contributed by atoms with Crippen LogP contribution in [0.2, 0.25) is 0 Å². The lowest BCUT2D eigenvalue weighted by molar-refractivity contribution is 0.0953. The summed E-state index contributed by atoms with van der Waals surface area (Å²) in [7, 11) is 0. The van der Waals surface area contributed by atoms with Gasteiger partial charge in [-0.25, -0.2) is 0 Å². The number of hydrogen-bond acceptors (Lipinski definition) is 3. The Kier molecular flexibility index (Phi) is 6.68. The molecule has 0 spiro atoms. The van der Waals surface area contributed by atoms with Gasteiger partial charge in [0.2, 0.25) is 0 Å². The molecule has 1 rings (SSSR count). The molecular weight excluding hydrogens is 240 g/mol. The van der Waals surface area contributed by atoms with Crippen molar-refractivity contribution >= 4 is 5.91 Å². The van der Waals surface area contributed by atoms with E-state index in [4.69, 9.17) is 4.74 Å². The second-order valence-corrected chi connectivity index (χ2v) is 4.38. The minimum Gasteiger partial charge on any atom is -0.489 e. The highest BCUT2D eigenvalue weighted by molar-refractivity contribution is 5.94. The van der Waals surface area contributed by atoms with E-state index in [0.29, 0.717) is 24.5 Å². The van der Waals surface area contributed by atoms with Gasteiger partial charge in [0.1, 0.15) is 12.4 Å². The molecule has 1 aromatic rings. The third kappa shape index (κ3) is 6.06. The number of hydrogen-bond donors (Lipinski definition) is 2. The second-order valence-electron chi connectivity index (χ2n) is 4.38. The lowest BCUT2D eigenvalue weighted by atomic mass is 10.2. The molecular formula is C15H22N2O2. The molecule has 0 heterocycles. The van der Waals surface area contributed by atoms with Gasteiger partial charge in [0.05, 0.1) is 0 Å². The molecule has 0 atom stereocenters. The van der Waals surface area contributed by atoms with Gasteiger partial charge in [-0.15, -0.1) is 0 Å². The first-order valence-electron chi connectivity index (χ1n) is 6.49. The molecule has 1 amide bonds. The summed E-state index contributed by atoms with van der Waals surface area (Å²) in [5.74, 6) is 0.598. The minimum atomic E-state index is -0.0846. The van der Waals surface area contributed by atoms with Crippen molar-refractivity contribution in [2.45, 2.75) is 13.8 Å². The van der Waals surface area contributed by atoms with Crippen molar-refractivity contribution in [2.24, 2.45) is 0 Å². The Bertz CT molecular complexity index is 430. The fourth-order valence-electron chi connectivity index (χ4n) is 1.48. The molecule has 0 unspecified atom stereocenters. The lowest BCUT2D eigenvalue weighted by Crippen LogP contribution is -2.31. The van der Waals surface area contributed by atoms with Crippen molar-refractivity contribution in [3.05, 3.63) is 42.0 Å². The molecule has 19 heavy (non-hydrogen) atoms. The zero-order chi connectivity index (χ0) is 14.1. The molecule has 0 aliphatic heterocycles. The fraction of sp³-hybridized carbons (Fsp3) is 0.400. The van der Waals surface area contributed by atoms with Crippen LogP contribution < -0.4 is 15.4 Å². The Labute approximate surface area is 114 Å². The monoisotopic (exact) mass is 262 g/mol. The van der Waals surface area contributed by atoms with Crippen LogP contribution in [0.4, 0.5) is 0 Å². The molecule has 0 bridgehead atoms. The Balaban J connectivity index is 2.50. The Morgan fingerprint density at radius 3 is 2.84 bits per heavy atom. The summed E-state index contributed by atoms with van der Waals surface area (Å²) in [6.07, 6.45) is 0. The minimum absolute atomic E-state index is 0.0846. The molecule has 4 heteroatoms. The molecule has 1 aromatic carbocycles. The Morgan fingerprint density at radius 2 is 2.16 bits per heavy atom. The summed E-state index contributed by atoms with van der Waals surface area (Å²) in [4.78, 5) is 11.9. The van der Waals surface area contributed by atoms with E-state index in [2.05, 4.69) is 17.2 Å². The molecule has 0 fully saturated rings. The highest BCUT2D eigenvalue weighted by Gasteiger charge is 2.05. The highest BCUT2D eigenvalue weighted by atomic mass is 16.5. The van der Waals surface area contributed by atoms with Gasteiger partial charge < -0.3 is 15.4 Å². The average Bonchev–Trinajstić information content (AvgIpc) is 2.41. The van der Waals surface area contributed by atoms with Gasteiger partial charge in [-0.1, -0.05) is 19.6 Å². The van der Waals surface area contributed by atoms with Gasteiger partial charge in [0, 0.05) is 18.7 Å². The van der Waals surface area contributed by atoms with Crippen LogP contribution in [-0.2, 0) is 0 Å². The Hall–Kier alpha value is -1.81. The normalized spacial score (nSPS) is 10.0. The number of rotatable bonds is 8. The maximum atomic E-state index is 11.9. The van der Waals surface area contributed by atoms with Crippen molar-refractivity contribution in [3.63, 3.8) is 0 Å². The maximum absolute atomic E-state index is 11.9. The number of amides is 1. The van der Waals surface area contributed by atoms with Gasteiger partial charge in [-0.3, -0.25) is 4.79 Å². The number of benzene rings is 1. The summed E-state index contributed by atoms with van der Waals surface area (Å²) in [5, 5.41) is 6.00. The zero-order valence-corrected chi connectivity index (χ0v) is 11.7. The first kappa shape index (κ1) is 15.2. The molecule has 0 radical (unpaired) electrons. The standard InChI is InChI=1S/C15H22N2O2/c1-4-16-8-9-17-15(18)13-6-5-7-14(10-13)19-11-12(2)3/h5-7,10,16H,2,4,8-9,11H2,1,3H3,(H,17,18). The van der Waals surface area contributed by atoms with Crippen molar-refractivity contribution in [1.29, 1.82) is 0 Å². The quantitative estimate of drug-likeness (QED) is 0.556. The van der Waals surface area contributed by atoms with Crippen LogP contribution in [0, 0.1) is 0 Å². The maximum Gasteiger partial charge on any atom is 0.251 e. The van der Waals surface area contributed by atoms with Crippen LogP contribution in [0.25, 0.3) is 0 Å². The van der Waals surface area contributed by atoms with Crippen LogP contribution >= 0.6 is 0 Å². The summed E-state index contributed by atoms with van der Waals surface area (Å²) in [5.41, 5.74) is 1.55. The average molecular weight is 262 g/mol. The van der Waals surface area contributed by atoms with Crippen molar-refractivity contribution in [1.82, 2.24) is 10.6 Å². The molecule has 104 valence electrons. The first-order valence-corrected chi connectivity index (χ1v) is 6.49. The molecule has 0 aromatic heterocycles. The summed E-state index contributed by atoms with van der Waals surface area (Å²) in [6, 6.07) is 7.16. The molecule has 0 saturated carbocycles. The largest absolute Gasteiger partial charge is 0.489 e. The van der Waals surface area contributed by atoms with Crippen molar-refractivity contribution in [3.8, 4) is 5.75 Å². The third-order valence-corrected chi connectivity index (χ3v) is 2.42. The lowest BCUT2D eigenvalue weighted by Gasteiger charge is -2.08. The molecule has 0 saturated heterocycles. The van der Waals surface area contributed by atoms with E-state index in [1.807, 2.05) is 26.0 Å². The molecule has 4 nitrogen and oxygen atoms in total.